The van der Waals surface area contributed by atoms with Gasteiger partial charge < -0.3 is 4.74 Å². The quantitative estimate of drug-likeness (QED) is 0.536. The average Bonchev–Trinajstić information content (AvgIpc) is 2.67. The van der Waals surface area contributed by atoms with Crippen molar-refractivity contribution in [2.24, 2.45) is 11.8 Å². The number of alkyl halides is 1. The van der Waals surface area contributed by atoms with Crippen molar-refractivity contribution in [2.45, 2.75) is 71.4 Å². The molecule has 0 amide bonds. The van der Waals surface area contributed by atoms with Gasteiger partial charge in [-0.3, -0.25) is 4.90 Å². The van der Waals surface area contributed by atoms with Gasteiger partial charge in [-0.2, -0.15) is 0 Å². The molecule has 0 aliphatic carbocycles. The van der Waals surface area contributed by atoms with Gasteiger partial charge in [0.1, 0.15) is 6.67 Å². The zero-order valence-corrected chi connectivity index (χ0v) is 18.5. The van der Waals surface area contributed by atoms with Gasteiger partial charge in [0.05, 0.1) is 5.60 Å². The summed E-state index contributed by atoms with van der Waals surface area (Å²) in [7, 11) is 1.87. The van der Waals surface area contributed by atoms with Crippen molar-refractivity contribution in [3.63, 3.8) is 0 Å². The Bertz CT molecular complexity index is 713. The number of allylic oxidation sites excluding steroid dienone is 1. The SMILES string of the molecule is C=C(C[18F])CC[C@]1(OC)C[C@H]2c3cc(C)c(C)cc3CCN2C[C@@H]1CC(C)C. The molecule has 2 nitrogen and oxygen atoms in total. The van der Waals surface area contributed by atoms with E-state index >= 15 is 0 Å². The molecule has 28 heavy (non-hydrogen) atoms. The third kappa shape index (κ3) is 4.21. The first-order valence-electron chi connectivity index (χ1n) is 10.9. The maximum atomic E-state index is 13.1. The third-order valence-corrected chi connectivity index (χ3v) is 7.21. The summed E-state index contributed by atoms with van der Waals surface area (Å²) >= 11 is 0. The second-order valence-electron chi connectivity index (χ2n) is 9.58. The Morgan fingerprint density at radius 2 is 2.04 bits per heavy atom. The molecule has 2 aliphatic heterocycles. The summed E-state index contributed by atoms with van der Waals surface area (Å²) < 4.78 is 19.4. The number of rotatable bonds is 7. The highest BCUT2D eigenvalue weighted by molar-refractivity contribution is 5.41. The predicted molar refractivity (Wildman–Crippen MR) is 116 cm³/mol. The molecule has 0 spiro atoms. The van der Waals surface area contributed by atoms with Crippen LogP contribution < -0.4 is 0 Å². The number of benzene rings is 1. The first-order chi connectivity index (χ1) is 13.3. The topological polar surface area (TPSA) is 12.5 Å². The molecule has 1 aromatic carbocycles. The van der Waals surface area contributed by atoms with E-state index in [1.165, 1.54) is 22.3 Å². The van der Waals surface area contributed by atoms with E-state index in [9.17, 15) is 4.39 Å². The Labute approximate surface area is 171 Å². The molecule has 2 aliphatic rings. The second kappa shape index (κ2) is 8.67. The molecule has 0 radical (unpaired) electrons. The highest BCUT2D eigenvalue weighted by Gasteiger charge is 2.48. The van der Waals surface area contributed by atoms with Crippen molar-refractivity contribution in [1.82, 2.24) is 4.90 Å². The lowest BCUT2D eigenvalue weighted by Crippen LogP contribution is -2.56. The first-order valence-corrected chi connectivity index (χ1v) is 10.9. The largest absolute Gasteiger partial charge is 0.378 e. The van der Waals surface area contributed by atoms with Crippen molar-refractivity contribution >= 4 is 0 Å². The number of halogens is 1. The fraction of sp³-hybridized carbons (Fsp3) is 0.680. The summed E-state index contributed by atoms with van der Waals surface area (Å²) in [6, 6.07) is 5.21. The predicted octanol–water partition coefficient (Wildman–Crippen LogP) is 5.96. The van der Waals surface area contributed by atoms with Crippen LogP contribution in [0.4, 0.5) is 4.39 Å². The smallest absolute Gasteiger partial charge is 0.110 e. The molecule has 156 valence electrons. The number of methoxy groups -OCH3 is 1. The molecule has 3 atom stereocenters. The van der Waals surface area contributed by atoms with Crippen molar-refractivity contribution in [2.75, 3.05) is 26.9 Å². The monoisotopic (exact) mass is 386 g/mol. The van der Waals surface area contributed by atoms with Gasteiger partial charge in [0.15, 0.2) is 0 Å². The van der Waals surface area contributed by atoms with Crippen LogP contribution in [0.5, 0.6) is 0 Å². The molecule has 0 aromatic heterocycles. The van der Waals surface area contributed by atoms with E-state index in [0.717, 1.165) is 38.8 Å². The van der Waals surface area contributed by atoms with E-state index in [2.05, 4.69) is 51.3 Å². The molecule has 1 aromatic rings. The van der Waals surface area contributed by atoms with Crippen LogP contribution in [-0.2, 0) is 11.2 Å². The molecule has 1 fully saturated rings. The van der Waals surface area contributed by atoms with Gasteiger partial charge in [-0.25, -0.2) is 4.39 Å². The Balaban J connectivity index is 1.94. The Morgan fingerprint density at radius 3 is 2.68 bits per heavy atom. The molecule has 2 heterocycles. The molecule has 0 bridgehead atoms. The van der Waals surface area contributed by atoms with Crippen LogP contribution in [0.3, 0.4) is 0 Å². The van der Waals surface area contributed by atoms with Crippen molar-refractivity contribution < 1.29 is 9.13 Å². The normalized spacial score (nSPS) is 27.5. The van der Waals surface area contributed by atoms with Gasteiger partial charge in [0.2, 0.25) is 0 Å². The van der Waals surface area contributed by atoms with Gasteiger partial charge in [-0.05, 0) is 79.7 Å². The van der Waals surface area contributed by atoms with Gasteiger partial charge in [0, 0.05) is 32.2 Å². The molecular weight excluding hydrogens is 348 g/mol. The minimum Gasteiger partial charge on any atom is -0.378 e. The third-order valence-electron chi connectivity index (χ3n) is 7.21. The van der Waals surface area contributed by atoms with Crippen LogP contribution in [0.2, 0.25) is 0 Å². The molecule has 3 heteroatoms. The van der Waals surface area contributed by atoms with Gasteiger partial charge in [0.25, 0.3) is 0 Å². The number of ether oxygens (including phenoxy) is 1. The molecule has 0 N–H and O–H groups in total. The highest BCUT2D eigenvalue weighted by Crippen LogP contribution is 2.48. The van der Waals surface area contributed by atoms with Crippen molar-refractivity contribution in [3.05, 3.63) is 46.5 Å². The summed E-state index contributed by atoms with van der Waals surface area (Å²) in [6.45, 7) is 14.7. The number of hydrogen-bond acceptors (Lipinski definition) is 2. The van der Waals surface area contributed by atoms with E-state index in [1.807, 2.05) is 7.11 Å². The standard InChI is InChI=1S/C25H38FNO/c1-17(2)11-22-16-27-10-8-21-12-19(4)20(5)13-23(21)24(27)14-25(22,28-6)9-7-18(3)15-26/h12-13,17,22,24H,3,7-11,14-16H2,1-2,4-6H3/t22-,24-,25-/m0/s1/i26-1. The zero-order chi connectivity index (χ0) is 20.5. The van der Waals surface area contributed by atoms with Crippen LogP contribution in [0.1, 0.15) is 67.8 Å². The number of hydrogen-bond donors (Lipinski definition) is 0. The minimum atomic E-state index is -0.425. The van der Waals surface area contributed by atoms with Gasteiger partial charge >= 0.3 is 0 Å². The summed E-state index contributed by atoms with van der Waals surface area (Å²) in [4.78, 5) is 2.69. The fourth-order valence-electron chi connectivity index (χ4n) is 5.41. The summed E-state index contributed by atoms with van der Waals surface area (Å²) in [5.41, 5.74) is 6.25. The van der Waals surface area contributed by atoms with Crippen LogP contribution in [0, 0.1) is 25.7 Å². The van der Waals surface area contributed by atoms with E-state index in [1.54, 1.807) is 0 Å². The van der Waals surface area contributed by atoms with Crippen LogP contribution in [-0.4, -0.2) is 37.4 Å². The van der Waals surface area contributed by atoms with E-state index in [-0.39, 0.29) is 5.60 Å². The summed E-state index contributed by atoms with van der Waals surface area (Å²) in [6.07, 6.45) is 4.87. The fourth-order valence-corrected chi connectivity index (χ4v) is 5.41. The maximum absolute atomic E-state index is 13.1. The van der Waals surface area contributed by atoms with E-state index < -0.39 is 6.67 Å². The van der Waals surface area contributed by atoms with Gasteiger partial charge in [-0.15, -0.1) is 0 Å². The Morgan fingerprint density at radius 1 is 1.32 bits per heavy atom. The molecule has 3 rings (SSSR count). The molecule has 1 saturated heterocycles. The number of fused-ring (bicyclic) bond motifs is 3. The van der Waals surface area contributed by atoms with Crippen LogP contribution in [0.25, 0.3) is 0 Å². The maximum Gasteiger partial charge on any atom is 0.110 e. The number of nitrogens with zero attached hydrogens (tertiary/aromatic N) is 1. The lowest BCUT2D eigenvalue weighted by molar-refractivity contribution is -0.131. The highest BCUT2D eigenvalue weighted by atomic mass is 18.2. The number of piperidine rings is 1. The number of aryl methyl sites for hydroxylation is 2. The van der Waals surface area contributed by atoms with Crippen molar-refractivity contribution in [1.29, 1.82) is 0 Å². The van der Waals surface area contributed by atoms with Gasteiger partial charge in [-0.1, -0.05) is 32.6 Å². The Kier molecular flexibility index (Phi) is 6.66. The summed E-state index contributed by atoms with van der Waals surface area (Å²) in [5, 5.41) is 0. The minimum absolute atomic E-state index is 0.197. The molecular formula is C25H38FNO. The van der Waals surface area contributed by atoms with Crippen molar-refractivity contribution in [3.8, 4) is 0 Å². The molecule has 0 unspecified atom stereocenters. The second-order valence-corrected chi connectivity index (χ2v) is 9.58. The zero-order valence-electron chi connectivity index (χ0n) is 18.5. The lowest BCUT2D eigenvalue weighted by Gasteiger charge is -2.53. The summed E-state index contributed by atoms with van der Waals surface area (Å²) in [5.74, 6) is 1.11. The molecule has 0 saturated carbocycles. The lowest BCUT2D eigenvalue weighted by atomic mass is 9.68. The van der Waals surface area contributed by atoms with Crippen LogP contribution in [0.15, 0.2) is 24.3 Å². The van der Waals surface area contributed by atoms with Crippen LogP contribution >= 0.6 is 0 Å². The average molecular weight is 387 g/mol. The Hall–Kier alpha value is -1.19. The van der Waals surface area contributed by atoms with E-state index in [4.69, 9.17) is 4.74 Å². The van der Waals surface area contributed by atoms with E-state index in [0.29, 0.717) is 29.9 Å². The first kappa shape index (κ1) is 21.5.